The summed E-state index contributed by atoms with van der Waals surface area (Å²) < 4.78 is 5.13. The van der Waals surface area contributed by atoms with Gasteiger partial charge in [0.15, 0.2) is 0 Å². The summed E-state index contributed by atoms with van der Waals surface area (Å²) in [6.45, 7) is 0.258. The van der Waals surface area contributed by atoms with Crippen molar-refractivity contribution in [2.24, 2.45) is 0 Å². The highest BCUT2D eigenvalue weighted by Crippen LogP contribution is 2.41. The molecule has 0 atom stereocenters. The SMILES string of the molecule is COC1(CCO)CC1. The predicted molar refractivity (Wildman–Crippen MR) is 30.7 cm³/mol. The maximum absolute atomic E-state index is 8.49. The summed E-state index contributed by atoms with van der Waals surface area (Å²) in [5, 5.41) is 8.49. The Morgan fingerprint density at radius 3 is 2.38 bits per heavy atom. The Balaban J connectivity index is 2.20. The van der Waals surface area contributed by atoms with Crippen molar-refractivity contribution >= 4 is 0 Å². The van der Waals surface area contributed by atoms with Crippen LogP contribution < -0.4 is 0 Å². The number of hydrogen-bond donors (Lipinski definition) is 1. The molecule has 0 aromatic heterocycles. The summed E-state index contributed by atoms with van der Waals surface area (Å²) in [6.07, 6.45) is 3.07. The third-order valence-corrected chi connectivity index (χ3v) is 1.81. The predicted octanol–water partition coefficient (Wildman–Crippen LogP) is 0.548. The van der Waals surface area contributed by atoms with E-state index in [1.54, 1.807) is 7.11 Å². The molecule has 2 nitrogen and oxygen atoms in total. The second-order valence-electron chi connectivity index (χ2n) is 2.36. The lowest BCUT2D eigenvalue weighted by Gasteiger charge is -2.09. The van der Waals surface area contributed by atoms with Crippen LogP contribution in [0.2, 0.25) is 0 Å². The minimum Gasteiger partial charge on any atom is -0.396 e. The van der Waals surface area contributed by atoms with Gasteiger partial charge < -0.3 is 9.84 Å². The molecule has 1 aliphatic rings. The fourth-order valence-electron chi connectivity index (χ4n) is 0.899. The highest BCUT2D eigenvalue weighted by Gasteiger charge is 2.41. The molecule has 0 saturated heterocycles. The smallest absolute Gasteiger partial charge is 0.0702 e. The van der Waals surface area contributed by atoms with Gasteiger partial charge in [-0.1, -0.05) is 0 Å². The highest BCUT2D eigenvalue weighted by atomic mass is 16.5. The van der Waals surface area contributed by atoms with Crippen LogP contribution in [0, 0.1) is 0 Å². The van der Waals surface area contributed by atoms with Crippen LogP contribution in [0.4, 0.5) is 0 Å². The normalized spacial score (nSPS) is 23.2. The van der Waals surface area contributed by atoms with Gasteiger partial charge in [-0.15, -0.1) is 0 Å². The number of ether oxygens (including phenoxy) is 1. The standard InChI is InChI=1S/C6H12O2/c1-8-6(2-3-6)4-5-7/h7H,2-5H2,1H3. The van der Waals surface area contributed by atoms with Crippen LogP contribution >= 0.6 is 0 Å². The highest BCUT2D eigenvalue weighted by molar-refractivity contribution is 4.94. The summed E-state index contributed by atoms with van der Waals surface area (Å²) >= 11 is 0. The maximum atomic E-state index is 8.49. The Hall–Kier alpha value is -0.0800. The Morgan fingerprint density at radius 2 is 2.25 bits per heavy atom. The van der Waals surface area contributed by atoms with Crippen LogP contribution in [-0.4, -0.2) is 24.4 Å². The third kappa shape index (κ3) is 1.01. The lowest BCUT2D eigenvalue weighted by Crippen LogP contribution is -2.12. The van der Waals surface area contributed by atoms with Crippen LogP contribution in [0.25, 0.3) is 0 Å². The monoisotopic (exact) mass is 116 g/mol. The molecule has 1 saturated carbocycles. The molecule has 1 fully saturated rings. The van der Waals surface area contributed by atoms with Gasteiger partial charge in [0, 0.05) is 13.7 Å². The quantitative estimate of drug-likeness (QED) is 0.583. The van der Waals surface area contributed by atoms with Crippen molar-refractivity contribution in [1.82, 2.24) is 0 Å². The van der Waals surface area contributed by atoms with Gasteiger partial charge in [-0.05, 0) is 19.3 Å². The molecule has 48 valence electrons. The van der Waals surface area contributed by atoms with Gasteiger partial charge in [-0.25, -0.2) is 0 Å². The average molecular weight is 116 g/mol. The topological polar surface area (TPSA) is 29.5 Å². The first-order chi connectivity index (χ1) is 3.83. The lowest BCUT2D eigenvalue weighted by atomic mass is 10.2. The van der Waals surface area contributed by atoms with E-state index in [9.17, 15) is 0 Å². The molecule has 8 heavy (non-hydrogen) atoms. The Morgan fingerprint density at radius 1 is 1.62 bits per heavy atom. The summed E-state index contributed by atoms with van der Waals surface area (Å²) in [4.78, 5) is 0. The van der Waals surface area contributed by atoms with Crippen molar-refractivity contribution in [2.45, 2.75) is 24.9 Å². The molecule has 0 spiro atoms. The third-order valence-electron chi connectivity index (χ3n) is 1.81. The number of hydrogen-bond acceptors (Lipinski definition) is 2. The lowest BCUT2D eigenvalue weighted by molar-refractivity contribution is 0.0565. The van der Waals surface area contributed by atoms with E-state index in [0.29, 0.717) is 0 Å². The van der Waals surface area contributed by atoms with E-state index < -0.39 is 0 Å². The molecule has 1 aliphatic carbocycles. The van der Waals surface area contributed by atoms with Gasteiger partial charge in [-0.2, -0.15) is 0 Å². The molecule has 0 amide bonds. The summed E-state index contributed by atoms with van der Waals surface area (Å²) in [5.41, 5.74) is 0.0920. The first-order valence-electron chi connectivity index (χ1n) is 2.99. The number of methoxy groups -OCH3 is 1. The van der Waals surface area contributed by atoms with Crippen LogP contribution in [-0.2, 0) is 4.74 Å². The summed E-state index contributed by atoms with van der Waals surface area (Å²) in [5.74, 6) is 0. The molecular formula is C6H12O2. The van der Waals surface area contributed by atoms with Gasteiger partial charge >= 0.3 is 0 Å². The average Bonchev–Trinajstić information content (AvgIpc) is 2.50. The first-order valence-corrected chi connectivity index (χ1v) is 2.99. The largest absolute Gasteiger partial charge is 0.396 e. The Kier molecular flexibility index (Phi) is 1.54. The van der Waals surface area contributed by atoms with Gasteiger partial charge in [-0.3, -0.25) is 0 Å². The maximum Gasteiger partial charge on any atom is 0.0702 e. The minimum atomic E-state index is 0.0920. The summed E-state index contributed by atoms with van der Waals surface area (Å²) in [7, 11) is 1.71. The van der Waals surface area contributed by atoms with E-state index in [2.05, 4.69) is 0 Å². The number of rotatable bonds is 3. The zero-order valence-electron chi connectivity index (χ0n) is 5.18. The minimum absolute atomic E-state index is 0.0920. The van der Waals surface area contributed by atoms with Gasteiger partial charge in [0.25, 0.3) is 0 Å². The van der Waals surface area contributed by atoms with E-state index in [0.717, 1.165) is 19.3 Å². The zero-order chi connectivity index (χ0) is 6.04. The van der Waals surface area contributed by atoms with Gasteiger partial charge in [0.05, 0.1) is 5.60 Å². The molecule has 1 rings (SSSR count). The molecule has 2 heteroatoms. The molecule has 0 aromatic carbocycles. The van der Waals surface area contributed by atoms with Crippen molar-refractivity contribution in [3.63, 3.8) is 0 Å². The molecule has 1 N–H and O–H groups in total. The van der Waals surface area contributed by atoms with E-state index in [1.807, 2.05) is 0 Å². The van der Waals surface area contributed by atoms with Gasteiger partial charge in [0.1, 0.15) is 0 Å². The zero-order valence-corrected chi connectivity index (χ0v) is 5.18. The Bertz CT molecular complexity index is 76.6. The van der Waals surface area contributed by atoms with E-state index in [1.165, 1.54) is 0 Å². The number of aliphatic hydroxyl groups excluding tert-OH is 1. The molecular weight excluding hydrogens is 104 g/mol. The molecule has 0 radical (unpaired) electrons. The molecule has 0 aliphatic heterocycles. The van der Waals surface area contributed by atoms with Crippen molar-refractivity contribution < 1.29 is 9.84 Å². The van der Waals surface area contributed by atoms with Crippen molar-refractivity contribution in [2.75, 3.05) is 13.7 Å². The van der Waals surface area contributed by atoms with Crippen LogP contribution in [0.1, 0.15) is 19.3 Å². The fraction of sp³-hybridized carbons (Fsp3) is 1.00. The van der Waals surface area contributed by atoms with Crippen LogP contribution in [0.15, 0.2) is 0 Å². The van der Waals surface area contributed by atoms with E-state index in [4.69, 9.17) is 9.84 Å². The fourth-order valence-corrected chi connectivity index (χ4v) is 0.899. The van der Waals surface area contributed by atoms with Crippen molar-refractivity contribution in [3.05, 3.63) is 0 Å². The van der Waals surface area contributed by atoms with Crippen molar-refractivity contribution in [1.29, 1.82) is 0 Å². The number of aliphatic hydroxyl groups is 1. The molecule has 0 heterocycles. The second-order valence-corrected chi connectivity index (χ2v) is 2.36. The van der Waals surface area contributed by atoms with Crippen LogP contribution in [0.3, 0.4) is 0 Å². The van der Waals surface area contributed by atoms with Crippen LogP contribution in [0.5, 0.6) is 0 Å². The van der Waals surface area contributed by atoms with Crippen molar-refractivity contribution in [3.8, 4) is 0 Å². The van der Waals surface area contributed by atoms with E-state index >= 15 is 0 Å². The molecule has 0 aromatic rings. The first kappa shape index (κ1) is 6.05. The second kappa shape index (κ2) is 2.03. The Labute approximate surface area is 49.5 Å². The molecule has 0 unspecified atom stereocenters. The molecule has 0 bridgehead atoms. The summed E-state index contributed by atoms with van der Waals surface area (Å²) in [6, 6.07) is 0. The van der Waals surface area contributed by atoms with Gasteiger partial charge in [0.2, 0.25) is 0 Å². The van der Waals surface area contributed by atoms with E-state index in [-0.39, 0.29) is 12.2 Å².